The van der Waals surface area contributed by atoms with E-state index in [-0.39, 0.29) is 0 Å². The Labute approximate surface area is 136 Å². The molecule has 0 fully saturated rings. The highest BCUT2D eigenvalue weighted by atomic mass is 32.1. The topological polar surface area (TPSA) is 14.2 Å². The fourth-order valence-corrected chi connectivity index (χ4v) is 2.77. The van der Waals surface area contributed by atoms with Gasteiger partial charge in [0.15, 0.2) is 0 Å². The standard InChI is InChI=1S/C19H19NOS/c1-3-21-17-8-4-15(5-9-17)19-12-14(2)13-20(19)16-6-10-18(22)11-7-16/h4-10,12-13H,3,11H2,1-2H3. The zero-order valence-corrected chi connectivity index (χ0v) is 13.7. The maximum atomic E-state index is 5.52. The van der Waals surface area contributed by atoms with Gasteiger partial charge in [0, 0.05) is 23.2 Å². The summed E-state index contributed by atoms with van der Waals surface area (Å²) in [5.41, 5.74) is 4.78. The molecule has 1 aliphatic carbocycles. The van der Waals surface area contributed by atoms with Gasteiger partial charge in [-0.2, -0.15) is 0 Å². The molecule has 0 aliphatic heterocycles. The molecule has 0 spiro atoms. The third-order valence-corrected chi connectivity index (χ3v) is 3.95. The minimum Gasteiger partial charge on any atom is -0.494 e. The van der Waals surface area contributed by atoms with Crippen LogP contribution in [0.1, 0.15) is 18.9 Å². The van der Waals surface area contributed by atoms with Gasteiger partial charge in [0.25, 0.3) is 0 Å². The van der Waals surface area contributed by atoms with Gasteiger partial charge in [-0.05, 0) is 67.5 Å². The maximum Gasteiger partial charge on any atom is 0.119 e. The first-order chi connectivity index (χ1) is 10.7. The number of aromatic nitrogens is 1. The van der Waals surface area contributed by atoms with Crippen molar-refractivity contribution < 1.29 is 4.74 Å². The number of rotatable bonds is 4. The van der Waals surface area contributed by atoms with Gasteiger partial charge in [0.2, 0.25) is 0 Å². The second-order valence-electron chi connectivity index (χ2n) is 5.36. The lowest BCUT2D eigenvalue weighted by atomic mass is 10.1. The lowest BCUT2D eigenvalue weighted by molar-refractivity contribution is 0.340. The molecule has 0 bridgehead atoms. The third kappa shape index (κ3) is 3.04. The molecule has 3 heteroatoms. The van der Waals surface area contributed by atoms with E-state index in [0.29, 0.717) is 6.61 Å². The van der Waals surface area contributed by atoms with Crippen molar-refractivity contribution in [2.24, 2.45) is 0 Å². The Morgan fingerprint density at radius 2 is 1.95 bits per heavy atom. The van der Waals surface area contributed by atoms with Crippen molar-refractivity contribution in [1.29, 1.82) is 0 Å². The molecule has 1 aromatic heterocycles. The van der Waals surface area contributed by atoms with Crippen molar-refractivity contribution in [2.75, 3.05) is 6.61 Å². The number of hydrogen-bond donors (Lipinski definition) is 0. The van der Waals surface area contributed by atoms with Crippen LogP contribution in [0.2, 0.25) is 0 Å². The molecule has 2 nitrogen and oxygen atoms in total. The summed E-state index contributed by atoms with van der Waals surface area (Å²) in [5, 5.41) is 0. The van der Waals surface area contributed by atoms with Crippen molar-refractivity contribution >= 4 is 22.8 Å². The molecular weight excluding hydrogens is 290 g/mol. The zero-order chi connectivity index (χ0) is 15.5. The van der Waals surface area contributed by atoms with E-state index in [9.17, 15) is 0 Å². The predicted molar refractivity (Wildman–Crippen MR) is 96.4 cm³/mol. The number of allylic oxidation sites excluding steroid dienone is 4. The average Bonchev–Trinajstić information content (AvgIpc) is 2.91. The van der Waals surface area contributed by atoms with E-state index in [1.165, 1.54) is 22.5 Å². The highest BCUT2D eigenvalue weighted by Crippen LogP contribution is 2.28. The van der Waals surface area contributed by atoms with Crippen LogP contribution in [0.5, 0.6) is 5.75 Å². The lowest BCUT2D eigenvalue weighted by Gasteiger charge is -2.14. The Morgan fingerprint density at radius 3 is 2.59 bits per heavy atom. The quantitative estimate of drug-likeness (QED) is 0.735. The summed E-state index contributed by atoms with van der Waals surface area (Å²) in [7, 11) is 0. The van der Waals surface area contributed by atoms with Crippen molar-refractivity contribution in [3.05, 3.63) is 60.3 Å². The molecule has 0 saturated heterocycles. The van der Waals surface area contributed by atoms with Crippen molar-refractivity contribution in [3.8, 4) is 17.0 Å². The molecule has 3 rings (SSSR count). The van der Waals surface area contributed by atoms with Crippen LogP contribution in [-0.4, -0.2) is 16.0 Å². The van der Waals surface area contributed by atoms with Gasteiger partial charge in [0.1, 0.15) is 5.75 Å². The SMILES string of the molecule is CCOc1ccc(-c2cc(C)cn2C2=CCC(=S)C=C2)cc1. The molecule has 1 aromatic carbocycles. The second-order valence-corrected chi connectivity index (χ2v) is 5.89. The summed E-state index contributed by atoms with van der Waals surface area (Å²) in [5.74, 6) is 0.906. The first kappa shape index (κ1) is 14.8. The molecule has 0 N–H and O–H groups in total. The Hall–Kier alpha value is -2.13. The average molecular weight is 309 g/mol. The lowest BCUT2D eigenvalue weighted by Crippen LogP contribution is -2.01. The number of hydrogen-bond acceptors (Lipinski definition) is 2. The molecule has 0 amide bonds. The van der Waals surface area contributed by atoms with E-state index >= 15 is 0 Å². The normalized spacial score (nSPS) is 14.1. The maximum absolute atomic E-state index is 5.52. The number of ether oxygens (including phenoxy) is 1. The Morgan fingerprint density at radius 1 is 1.18 bits per heavy atom. The highest BCUT2D eigenvalue weighted by Gasteiger charge is 2.11. The van der Waals surface area contributed by atoms with E-state index in [1.807, 2.05) is 25.1 Å². The predicted octanol–water partition coefficient (Wildman–Crippen LogP) is 5.03. The molecule has 1 heterocycles. The first-order valence-electron chi connectivity index (χ1n) is 7.51. The summed E-state index contributed by atoms with van der Waals surface area (Å²) in [4.78, 5) is 0.982. The minimum absolute atomic E-state index is 0.687. The molecular formula is C19H19NOS. The summed E-state index contributed by atoms with van der Waals surface area (Å²) in [6.07, 6.45) is 9.28. The van der Waals surface area contributed by atoms with E-state index in [1.54, 1.807) is 0 Å². The monoisotopic (exact) mass is 309 g/mol. The van der Waals surface area contributed by atoms with Gasteiger partial charge >= 0.3 is 0 Å². The second kappa shape index (κ2) is 6.32. The molecule has 0 unspecified atom stereocenters. The third-order valence-electron chi connectivity index (χ3n) is 3.65. The fraction of sp³-hybridized carbons (Fsp3) is 0.211. The smallest absolute Gasteiger partial charge is 0.119 e. The fourth-order valence-electron chi connectivity index (χ4n) is 2.62. The van der Waals surface area contributed by atoms with Gasteiger partial charge in [-0.3, -0.25) is 0 Å². The van der Waals surface area contributed by atoms with Gasteiger partial charge in [0.05, 0.1) is 12.3 Å². The van der Waals surface area contributed by atoms with E-state index in [2.05, 4.69) is 48.0 Å². The number of thiocarbonyl (C=S) groups is 1. The minimum atomic E-state index is 0.687. The Balaban J connectivity index is 1.97. The first-order valence-corrected chi connectivity index (χ1v) is 7.92. The van der Waals surface area contributed by atoms with E-state index in [0.717, 1.165) is 17.0 Å². The Bertz CT molecular complexity index is 750. The van der Waals surface area contributed by atoms with Crippen LogP contribution in [0.15, 0.2) is 54.8 Å². The molecule has 0 saturated carbocycles. The number of nitrogens with zero attached hydrogens (tertiary/aromatic N) is 1. The highest BCUT2D eigenvalue weighted by molar-refractivity contribution is 7.80. The molecule has 0 atom stereocenters. The summed E-state index contributed by atoms with van der Waals surface area (Å²) in [6.45, 7) is 4.80. The van der Waals surface area contributed by atoms with Gasteiger partial charge in [-0.1, -0.05) is 18.3 Å². The zero-order valence-electron chi connectivity index (χ0n) is 12.9. The van der Waals surface area contributed by atoms with E-state index < -0.39 is 0 Å². The molecule has 0 radical (unpaired) electrons. The Kier molecular flexibility index (Phi) is 4.25. The molecule has 2 aromatic rings. The van der Waals surface area contributed by atoms with E-state index in [4.69, 9.17) is 17.0 Å². The van der Waals surface area contributed by atoms with Gasteiger partial charge in [-0.15, -0.1) is 0 Å². The van der Waals surface area contributed by atoms with Crippen LogP contribution in [0.25, 0.3) is 17.0 Å². The summed E-state index contributed by atoms with van der Waals surface area (Å²) >= 11 is 5.22. The number of aryl methyl sites for hydroxylation is 1. The van der Waals surface area contributed by atoms with Crippen LogP contribution in [-0.2, 0) is 0 Å². The summed E-state index contributed by atoms with van der Waals surface area (Å²) < 4.78 is 7.74. The van der Waals surface area contributed by atoms with Crippen LogP contribution in [0, 0.1) is 6.92 Å². The van der Waals surface area contributed by atoms with Crippen LogP contribution < -0.4 is 4.74 Å². The summed E-state index contributed by atoms with van der Waals surface area (Å²) in [6, 6.07) is 10.5. The van der Waals surface area contributed by atoms with Gasteiger partial charge < -0.3 is 9.30 Å². The van der Waals surface area contributed by atoms with Crippen molar-refractivity contribution in [3.63, 3.8) is 0 Å². The number of benzene rings is 1. The van der Waals surface area contributed by atoms with Gasteiger partial charge in [-0.25, -0.2) is 0 Å². The van der Waals surface area contributed by atoms with Crippen LogP contribution in [0.3, 0.4) is 0 Å². The van der Waals surface area contributed by atoms with Crippen molar-refractivity contribution in [1.82, 2.24) is 4.57 Å². The molecule has 1 aliphatic rings. The largest absolute Gasteiger partial charge is 0.494 e. The molecule has 22 heavy (non-hydrogen) atoms. The van der Waals surface area contributed by atoms with Crippen LogP contribution >= 0.6 is 12.2 Å². The van der Waals surface area contributed by atoms with Crippen molar-refractivity contribution in [2.45, 2.75) is 20.3 Å². The molecule has 112 valence electrons. The van der Waals surface area contributed by atoms with Crippen LogP contribution in [0.4, 0.5) is 0 Å².